The molecule has 0 aromatic heterocycles. The molecule has 0 amide bonds. The normalized spacial score (nSPS) is 16.4. The Kier molecular flexibility index (Phi) is 2.69. The van der Waals surface area contributed by atoms with Crippen LogP contribution < -0.4 is 4.90 Å². The Bertz CT molecular complexity index is 317. The summed E-state index contributed by atoms with van der Waals surface area (Å²) in [6, 6.07) is 4.39. The van der Waals surface area contributed by atoms with Gasteiger partial charge in [0.25, 0.3) is 0 Å². The second-order valence-corrected chi connectivity index (χ2v) is 4.47. The van der Waals surface area contributed by atoms with Crippen molar-refractivity contribution in [1.29, 1.82) is 0 Å². The Morgan fingerprint density at radius 2 is 1.57 bits per heavy atom. The first-order valence-corrected chi connectivity index (χ1v) is 5.58. The topological polar surface area (TPSA) is 3.24 Å². The minimum atomic E-state index is 0.910. The Morgan fingerprint density at radius 1 is 1.07 bits per heavy atom. The zero-order valence-electron chi connectivity index (χ0n) is 8.81. The molecule has 0 bridgehead atoms. The molecule has 2 rings (SSSR count). The number of benzene rings is 1. The quantitative estimate of drug-likeness (QED) is 0.684. The van der Waals surface area contributed by atoms with Crippen LogP contribution in [0.4, 0.5) is 5.69 Å². The number of aryl methyl sites for hydroxylation is 2. The Hall–Kier alpha value is -0.690. The summed E-state index contributed by atoms with van der Waals surface area (Å²) in [4.78, 5) is 2.44. The van der Waals surface area contributed by atoms with Gasteiger partial charge in [0.05, 0.1) is 0 Å². The van der Waals surface area contributed by atoms with Gasteiger partial charge in [-0.1, -0.05) is 11.6 Å². The monoisotopic (exact) mass is 209 g/mol. The zero-order valence-corrected chi connectivity index (χ0v) is 9.56. The van der Waals surface area contributed by atoms with Crippen molar-refractivity contribution in [3.63, 3.8) is 0 Å². The van der Waals surface area contributed by atoms with Crippen LogP contribution in [0.1, 0.15) is 24.0 Å². The van der Waals surface area contributed by atoms with E-state index in [1.54, 1.807) is 0 Å². The van der Waals surface area contributed by atoms with Crippen LogP contribution in [0.25, 0.3) is 0 Å². The number of hydrogen-bond acceptors (Lipinski definition) is 1. The number of nitrogens with zero attached hydrogens (tertiary/aromatic N) is 1. The van der Waals surface area contributed by atoms with Crippen LogP contribution in [0.15, 0.2) is 12.1 Å². The lowest BCUT2D eigenvalue weighted by Crippen LogP contribution is -2.17. The van der Waals surface area contributed by atoms with Crippen molar-refractivity contribution >= 4 is 17.3 Å². The van der Waals surface area contributed by atoms with E-state index < -0.39 is 0 Å². The molecular weight excluding hydrogens is 194 g/mol. The summed E-state index contributed by atoms with van der Waals surface area (Å²) in [7, 11) is 0. The van der Waals surface area contributed by atoms with Crippen LogP contribution in [-0.2, 0) is 0 Å². The molecule has 14 heavy (non-hydrogen) atoms. The van der Waals surface area contributed by atoms with E-state index in [-0.39, 0.29) is 0 Å². The molecule has 1 aliphatic rings. The van der Waals surface area contributed by atoms with Crippen LogP contribution in [0, 0.1) is 13.8 Å². The third kappa shape index (κ3) is 1.74. The summed E-state index contributed by atoms with van der Waals surface area (Å²) in [5.74, 6) is 0. The molecule has 0 atom stereocenters. The first-order valence-electron chi connectivity index (χ1n) is 5.20. The second kappa shape index (κ2) is 3.82. The lowest BCUT2D eigenvalue weighted by atomic mass is 10.1. The summed E-state index contributed by atoms with van der Waals surface area (Å²) >= 11 is 6.14. The van der Waals surface area contributed by atoms with Gasteiger partial charge in [-0.25, -0.2) is 0 Å². The van der Waals surface area contributed by atoms with Crippen molar-refractivity contribution in [2.45, 2.75) is 26.7 Å². The lowest BCUT2D eigenvalue weighted by molar-refractivity contribution is 0.949. The highest BCUT2D eigenvalue weighted by atomic mass is 35.5. The number of anilines is 1. The van der Waals surface area contributed by atoms with Crippen LogP contribution in [0.5, 0.6) is 0 Å². The molecule has 1 saturated heterocycles. The van der Waals surface area contributed by atoms with E-state index in [0.29, 0.717) is 0 Å². The third-order valence-electron chi connectivity index (χ3n) is 2.89. The molecule has 0 aliphatic carbocycles. The number of rotatable bonds is 1. The molecule has 2 heteroatoms. The first-order chi connectivity index (χ1) is 6.68. The van der Waals surface area contributed by atoms with Gasteiger partial charge in [-0.15, -0.1) is 0 Å². The molecule has 0 N–H and O–H groups in total. The van der Waals surface area contributed by atoms with E-state index in [9.17, 15) is 0 Å². The Balaban J connectivity index is 2.34. The molecule has 0 spiro atoms. The fourth-order valence-corrected chi connectivity index (χ4v) is 2.19. The van der Waals surface area contributed by atoms with E-state index >= 15 is 0 Å². The molecule has 1 fully saturated rings. The third-order valence-corrected chi connectivity index (χ3v) is 3.49. The highest BCUT2D eigenvalue weighted by Gasteiger charge is 2.13. The highest BCUT2D eigenvalue weighted by Crippen LogP contribution is 2.28. The molecule has 0 unspecified atom stereocenters. The summed E-state index contributed by atoms with van der Waals surface area (Å²) < 4.78 is 0. The Morgan fingerprint density at radius 3 is 2.07 bits per heavy atom. The average molecular weight is 210 g/mol. The van der Waals surface area contributed by atoms with E-state index in [2.05, 4.69) is 30.9 Å². The molecular formula is C12H16ClN. The van der Waals surface area contributed by atoms with Gasteiger partial charge < -0.3 is 4.90 Å². The lowest BCUT2D eigenvalue weighted by Gasteiger charge is -2.19. The van der Waals surface area contributed by atoms with Crippen molar-refractivity contribution < 1.29 is 0 Å². The fourth-order valence-electron chi connectivity index (χ4n) is 2.08. The summed E-state index contributed by atoms with van der Waals surface area (Å²) in [5.41, 5.74) is 3.71. The molecule has 1 heterocycles. The second-order valence-electron chi connectivity index (χ2n) is 4.09. The van der Waals surface area contributed by atoms with Crippen molar-refractivity contribution in [2.24, 2.45) is 0 Å². The van der Waals surface area contributed by atoms with E-state index in [0.717, 1.165) is 5.02 Å². The Labute approximate surface area is 90.7 Å². The van der Waals surface area contributed by atoms with Gasteiger partial charge in [0.1, 0.15) is 0 Å². The highest BCUT2D eigenvalue weighted by molar-refractivity contribution is 6.32. The van der Waals surface area contributed by atoms with Crippen molar-refractivity contribution in [2.75, 3.05) is 18.0 Å². The van der Waals surface area contributed by atoms with Gasteiger partial charge in [0, 0.05) is 23.8 Å². The molecule has 0 saturated carbocycles. The van der Waals surface area contributed by atoms with Crippen molar-refractivity contribution in [1.82, 2.24) is 0 Å². The van der Waals surface area contributed by atoms with E-state index in [1.165, 1.54) is 42.7 Å². The van der Waals surface area contributed by atoms with E-state index in [1.807, 2.05) is 0 Å². The maximum Gasteiger partial charge on any atom is 0.0465 e. The van der Waals surface area contributed by atoms with Gasteiger partial charge in [0.2, 0.25) is 0 Å². The van der Waals surface area contributed by atoms with E-state index in [4.69, 9.17) is 11.6 Å². The molecule has 76 valence electrons. The smallest absolute Gasteiger partial charge is 0.0465 e. The van der Waals surface area contributed by atoms with Gasteiger partial charge in [-0.2, -0.15) is 0 Å². The maximum atomic E-state index is 6.14. The SMILES string of the molecule is Cc1cc(N2CCCC2)cc(C)c1Cl. The minimum absolute atomic E-state index is 0.910. The number of halogens is 1. The van der Waals surface area contributed by atoms with Crippen LogP contribution in [-0.4, -0.2) is 13.1 Å². The molecule has 1 aromatic carbocycles. The van der Waals surface area contributed by atoms with Crippen molar-refractivity contribution in [3.05, 3.63) is 28.3 Å². The van der Waals surface area contributed by atoms with Crippen LogP contribution in [0.3, 0.4) is 0 Å². The first kappa shape index (κ1) is 9.85. The van der Waals surface area contributed by atoms with Crippen LogP contribution >= 0.6 is 11.6 Å². The summed E-state index contributed by atoms with van der Waals surface area (Å²) in [6.07, 6.45) is 2.64. The zero-order chi connectivity index (χ0) is 10.1. The molecule has 1 aromatic rings. The predicted octanol–water partition coefficient (Wildman–Crippen LogP) is 3.56. The van der Waals surface area contributed by atoms with Gasteiger partial charge in [-0.3, -0.25) is 0 Å². The fraction of sp³-hybridized carbons (Fsp3) is 0.500. The van der Waals surface area contributed by atoms with Crippen molar-refractivity contribution in [3.8, 4) is 0 Å². The van der Waals surface area contributed by atoms with Crippen LogP contribution in [0.2, 0.25) is 5.02 Å². The summed E-state index contributed by atoms with van der Waals surface area (Å²) in [5, 5.41) is 0.910. The molecule has 1 aliphatic heterocycles. The predicted molar refractivity (Wildman–Crippen MR) is 62.4 cm³/mol. The minimum Gasteiger partial charge on any atom is -0.372 e. The largest absolute Gasteiger partial charge is 0.372 e. The van der Waals surface area contributed by atoms with Gasteiger partial charge >= 0.3 is 0 Å². The maximum absolute atomic E-state index is 6.14. The molecule has 0 radical (unpaired) electrons. The molecule has 1 nitrogen and oxygen atoms in total. The van der Waals surface area contributed by atoms with Gasteiger partial charge in [0.15, 0.2) is 0 Å². The standard InChI is InChI=1S/C12H16ClN/c1-9-7-11(8-10(2)12(9)13)14-5-3-4-6-14/h7-8H,3-6H2,1-2H3. The number of hydrogen-bond donors (Lipinski definition) is 0. The summed E-state index contributed by atoms with van der Waals surface area (Å²) in [6.45, 7) is 6.55. The average Bonchev–Trinajstić information content (AvgIpc) is 2.66. The van der Waals surface area contributed by atoms with Gasteiger partial charge in [-0.05, 0) is 49.9 Å².